The van der Waals surface area contributed by atoms with Crippen molar-refractivity contribution in [3.8, 4) is 0 Å². The third-order valence-corrected chi connectivity index (χ3v) is 9.70. The lowest BCUT2D eigenvalue weighted by Crippen LogP contribution is -2.77. The van der Waals surface area contributed by atoms with Gasteiger partial charge in [-0.25, -0.2) is 0 Å². The largest absolute Gasteiger partial charge is 0.646 e. The van der Waals surface area contributed by atoms with E-state index in [9.17, 15) is 0 Å². The molecule has 6 rings (SSSR count). The molecule has 0 amide bonds. The van der Waals surface area contributed by atoms with Crippen LogP contribution in [0.25, 0.3) is 0 Å². The smallest absolute Gasteiger partial charge is 0.352 e. The van der Waals surface area contributed by atoms with Gasteiger partial charge >= 0.3 is 7.32 Å². The summed E-state index contributed by atoms with van der Waals surface area (Å²) in [6, 6.07) is 0. The minimum atomic E-state index is -1.32. The van der Waals surface area contributed by atoms with E-state index < -0.39 is 42.0 Å². The molecule has 12 nitrogen and oxygen atoms in total. The summed E-state index contributed by atoms with van der Waals surface area (Å²) in [7, 11) is -1.32. The Morgan fingerprint density at radius 2 is 0.651 bits per heavy atom. The van der Waals surface area contributed by atoms with Crippen LogP contribution in [0.4, 0.5) is 0 Å². The summed E-state index contributed by atoms with van der Waals surface area (Å²) in [6.45, 7) is 11.1. The van der Waals surface area contributed by atoms with Crippen molar-refractivity contribution in [1.82, 2.24) is 0 Å². The van der Waals surface area contributed by atoms with Crippen molar-refractivity contribution < 1.29 is 56.6 Å². The summed E-state index contributed by atoms with van der Waals surface area (Å²) in [6.07, 6.45) is 9.24. The zero-order valence-electron chi connectivity index (χ0n) is 26.3. The fraction of sp³-hybridized carbons (Fsp3) is 1.00. The lowest BCUT2D eigenvalue weighted by atomic mass is 9.86. The summed E-state index contributed by atoms with van der Waals surface area (Å²) < 4.78 is 76.2. The lowest BCUT2D eigenvalue weighted by Gasteiger charge is -2.61. The van der Waals surface area contributed by atoms with E-state index in [0.29, 0.717) is 98.0 Å². The van der Waals surface area contributed by atoms with Gasteiger partial charge in [0.2, 0.25) is 34.7 Å². The Labute approximate surface area is 256 Å². The van der Waals surface area contributed by atoms with Gasteiger partial charge in [-0.2, -0.15) is 0 Å². The molecule has 0 radical (unpaired) electrons. The summed E-state index contributed by atoms with van der Waals surface area (Å²) in [5.74, 6) is -6.86. The summed E-state index contributed by atoms with van der Waals surface area (Å²) >= 11 is 0. The van der Waals surface area contributed by atoms with Gasteiger partial charge < -0.3 is 56.6 Å². The molecule has 6 aliphatic rings. The van der Waals surface area contributed by atoms with Crippen LogP contribution in [-0.2, 0) is 56.6 Å². The molecule has 0 spiro atoms. The molecule has 6 heterocycles. The SMILES string of the molecule is CCCCOC1(C2(OB(OC3(C4(OCCCC)CCO4)CCO3)OC3(C4(OCCCC)CCO4)CCO3)CCO2)CCO1. The van der Waals surface area contributed by atoms with Crippen molar-refractivity contribution in [3.63, 3.8) is 0 Å². The molecule has 6 aliphatic heterocycles. The van der Waals surface area contributed by atoms with E-state index in [4.69, 9.17) is 56.6 Å². The molecule has 43 heavy (non-hydrogen) atoms. The molecule has 6 atom stereocenters. The van der Waals surface area contributed by atoms with Crippen LogP contribution in [-0.4, -0.2) is 102 Å². The second-order valence-electron chi connectivity index (χ2n) is 12.4. The Morgan fingerprint density at radius 1 is 0.419 bits per heavy atom. The lowest BCUT2D eigenvalue weighted by molar-refractivity contribution is -0.497. The minimum Gasteiger partial charge on any atom is -0.352 e. The Kier molecular flexibility index (Phi) is 10.1. The van der Waals surface area contributed by atoms with Gasteiger partial charge in [-0.05, 0) is 19.3 Å². The molecule has 246 valence electrons. The molecule has 6 saturated heterocycles. The van der Waals surface area contributed by atoms with Gasteiger partial charge in [-0.15, -0.1) is 0 Å². The maximum absolute atomic E-state index is 6.75. The summed E-state index contributed by atoms with van der Waals surface area (Å²) in [5.41, 5.74) is 0. The van der Waals surface area contributed by atoms with Crippen molar-refractivity contribution in [2.24, 2.45) is 0 Å². The maximum atomic E-state index is 6.75. The van der Waals surface area contributed by atoms with E-state index in [-0.39, 0.29) is 0 Å². The topological polar surface area (TPSA) is 111 Å². The first-order valence-corrected chi connectivity index (χ1v) is 16.7. The second kappa shape index (κ2) is 13.4. The van der Waals surface area contributed by atoms with Crippen LogP contribution in [0.15, 0.2) is 0 Å². The second-order valence-corrected chi connectivity index (χ2v) is 12.4. The zero-order chi connectivity index (χ0) is 29.9. The van der Waals surface area contributed by atoms with Crippen molar-refractivity contribution in [1.29, 1.82) is 0 Å². The van der Waals surface area contributed by atoms with Crippen molar-refractivity contribution >= 4 is 7.32 Å². The minimum absolute atomic E-state index is 0.499. The molecule has 0 aliphatic carbocycles. The number of unbranched alkanes of at least 4 members (excludes halogenated alkanes) is 3. The molecular formula is C30H51BO12. The van der Waals surface area contributed by atoms with Crippen LogP contribution < -0.4 is 0 Å². The Balaban J connectivity index is 1.27. The van der Waals surface area contributed by atoms with E-state index in [1.165, 1.54) is 0 Å². The van der Waals surface area contributed by atoms with Gasteiger partial charge in [0.15, 0.2) is 0 Å². The third kappa shape index (κ3) is 5.63. The molecule has 0 aromatic heterocycles. The first-order chi connectivity index (χ1) is 21.0. The van der Waals surface area contributed by atoms with Crippen LogP contribution in [0.3, 0.4) is 0 Å². The van der Waals surface area contributed by atoms with Gasteiger partial charge in [0.05, 0.1) is 59.5 Å². The quantitative estimate of drug-likeness (QED) is 0.137. The van der Waals surface area contributed by atoms with Crippen LogP contribution in [0.2, 0.25) is 0 Å². The zero-order valence-corrected chi connectivity index (χ0v) is 26.3. The van der Waals surface area contributed by atoms with Crippen molar-refractivity contribution in [2.75, 3.05) is 59.5 Å². The summed E-state index contributed by atoms with van der Waals surface area (Å²) in [4.78, 5) is 0. The average molecular weight is 615 g/mol. The molecule has 0 N–H and O–H groups in total. The molecule has 0 bridgehead atoms. The molecule has 13 heteroatoms. The van der Waals surface area contributed by atoms with E-state index in [1.54, 1.807) is 0 Å². The van der Waals surface area contributed by atoms with Crippen LogP contribution in [0.5, 0.6) is 0 Å². The number of hydrogen-bond donors (Lipinski definition) is 0. The number of hydrogen-bond acceptors (Lipinski definition) is 12. The van der Waals surface area contributed by atoms with Crippen molar-refractivity contribution in [2.45, 2.75) is 133 Å². The van der Waals surface area contributed by atoms with Gasteiger partial charge in [0.1, 0.15) is 0 Å². The molecule has 0 aromatic rings. The number of rotatable bonds is 21. The Bertz CT molecular complexity index is 781. The molecular weight excluding hydrogens is 563 g/mol. The fourth-order valence-corrected chi connectivity index (χ4v) is 6.43. The highest BCUT2D eigenvalue weighted by molar-refractivity contribution is 6.37. The molecule has 6 unspecified atom stereocenters. The van der Waals surface area contributed by atoms with Crippen LogP contribution in [0.1, 0.15) is 97.8 Å². The Hall–Kier alpha value is -0.415. The van der Waals surface area contributed by atoms with E-state index >= 15 is 0 Å². The maximum Gasteiger partial charge on any atom is 0.646 e. The first kappa shape index (κ1) is 32.5. The standard InChI is InChI=1S/C30H51BO12/c1-4-7-16-32-25(10-19-35-25)28(13-22-38-28)41-31(42-29(14-23-39-29)26(11-20-36-26)33-17-8-5-2)43-30(15-24-40-30)27(12-21-37-27)34-18-9-6-3/h4-24H2,1-3H3. The predicted octanol–water partition coefficient (Wildman–Crippen LogP) is 4.17. The van der Waals surface area contributed by atoms with E-state index in [2.05, 4.69) is 20.8 Å². The van der Waals surface area contributed by atoms with E-state index in [0.717, 1.165) is 38.5 Å². The van der Waals surface area contributed by atoms with Gasteiger partial charge in [-0.1, -0.05) is 40.0 Å². The summed E-state index contributed by atoms with van der Waals surface area (Å²) in [5, 5.41) is 0. The third-order valence-electron chi connectivity index (χ3n) is 9.70. The molecule has 0 aromatic carbocycles. The van der Waals surface area contributed by atoms with Gasteiger partial charge in [0, 0.05) is 38.5 Å². The highest BCUT2D eigenvalue weighted by Gasteiger charge is 2.72. The molecule has 0 saturated carbocycles. The number of ether oxygens (including phenoxy) is 9. The normalized spacial score (nSPS) is 41.7. The Morgan fingerprint density at radius 3 is 0.814 bits per heavy atom. The van der Waals surface area contributed by atoms with E-state index in [1.807, 2.05) is 0 Å². The van der Waals surface area contributed by atoms with Gasteiger partial charge in [0.25, 0.3) is 0 Å². The highest BCUT2D eigenvalue weighted by atomic mass is 16.9. The monoisotopic (exact) mass is 614 g/mol. The van der Waals surface area contributed by atoms with Crippen molar-refractivity contribution in [3.05, 3.63) is 0 Å². The average Bonchev–Trinajstić information content (AvgIpc) is 2.87. The van der Waals surface area contributed by atoms with Gasteiger partial charge in [-0.3, -0.25) is 0 Å². The predicted molar refractivity (Wildman–Crippen MR) is 151 cm³/mol. The first-order valence-electron chi connectivity index (χ1n) is 16.7. The van der Waals surface area contributed by atoms with Crippen LogP contribution >= 0.6 is 0 Å². The fourth-order valence-electron chi connectivity index (χ4n) is 6.43. The molecule has 6 fully saturated rings. The highest BCUT2D eigenvalue weighted by Crippen LogP contribution is 2.54. The van der Waals surface area contributed by atoms with Crippen LogP contribution in [0, 0.1) is 0 Å².